The van der Waals surface area contributed by atoms with Crippen LogP contribution in [0, 0.1) is 11.3 Å². The van der Waals surface area contributed by atoms with Gasteiger partial charge in [0, 0.05) is 12.4 Å². The number of hydrogen-bond acceptors (Lipinski definition) is 9. The van der Waals surface area contributed by atoms with Crippen molar-refractivity contribution in [1.82, 2.24) is 25.2 Å². The highest BCUT2D eigenvalue weighted by atomic mass is 35.5. The van der Waals surface area contributed by atoms with Crippen LogP contribution in [0.5, 0.6) is 0 Å². The van der Waals surface area contributed by atoms with E-state index in [0.29, 0.717) is 11.2 Å². The average molecular weight is 477 g/mol. The fourth-order valence-electron chi connectivity index (χ4n) is 2.94. The van der Waals surface area contributed by atoms with Crippen LogP contribution in [-0.4, -0.2) is 38.4 Å². The number of hydrogen-bond donors (Lipinski definition) is 3. The summed E-state index contributed by atoms with van der Waals surface area (Å²) in [4.78, 5) is 20.6. The molecule has 11 nitrogen and oxygen atoms in total. The normalized spacial score (nSPS) is 13.2. The Balaban J connectivity index is 1.69. The summed E-state index contributed by atoms with van der Waals surface area (Å²) >= 11 is 6.00. The van der Waals surface area contributed by atoms with E-state index in [1.165, 1.54) is 23.4 Å². The first-order chi connectivity index (χ1) is 15.7. The third kappa shape index (κ3) is 4.14. The number of nitrogen functional groups attached to an aromatic ring is 1. The summed E-state index contributed by atoms with van der Waals surface area (Å²) in [5.74, 6) is -1.36. The number of carbonyl (C=O) groups excluding carboxylic acids is 1. The molecule has 0 atom stereocenters. The van der Waals surface area contributed by atoms with Crippen molar-refractivity contribution in [3.8, 4) is 11.9 Å². The Bertz CT molecular complexity index is 1310. The van der Waals surface area contributed by atoms with Crippen LogP contribution in [0.25, 0.3) is 5.82 Å². The van der Waals surface area contributed by atoms with Gasteiger partial charge in [0.25, 0.3) is 5.91 Å². The van der Waals surface area contributed by atoms with Gasteiger partial charge in [-0.25, -0.2) is 20.1 Å². The second-order valence-corrected chi connectivity index (χ2v) is 6.87. The van der Waals surface area contributed by atoms with Crippen molar-refractivity contribution in [2.24, 2.45) is 5.10 Å². The maximum absolute atomic E-state index is 13.9. The number of halogens is 4. The van der Waals surface area contributed by atoms with E-state index in [1.54, 1.807) is 6.21 Å². The summed E-state index contributed by atoms with van der Waals surface area (Å²) in [6.45, 7) is 0.432. The van der Waals surface area contributed by atoms with Gasteiger partial charge in [-0.3, -0.25) is 4.79 Å². The predicted molar refractivity (Wildman–Crippen MR) is 112 cm³/mol. The standard InChI is InChI=1S/C18H12ClF3N10O/c19-13-12(24)1-2-25-16(13)31-14(18(20,21)22)11(8-29-31)17(33)30-10-5-9(6-23)15(26-7-10)32-27-3-4-28-32/h1-3,5,7-8,28H,4H2,(H2,24,25)(H,30,33). The van der Waals surface area contributed by atoms with E-state index in [2.05, 4.69) is 30.9 Å². The quantitative estimate of drug-likeness (QED) is 0.519. The molecule has 0 saturated heterocycles. The largest absolute Gasteiger partial charge is 0.434 e. The molecule has 3 aromatic rings. The number of carbonyl (C=O) groups is 1. The van der Waals surface area contributed by atoms with Gasteiger partial charge in [0.15, 0.2) is 17.3 Å². The number of pyridine rings is 2. The van der Waals surface area contributed by atoms with Gasteiger partial charge in [-0.05, 0) is 12.1 Å². The second kappa shape index (κ2) is 8.37. The Morgan fingerprint density at radius 2 is 2.09 bits per heavy atom. The molecular formula is C18H12ClF3N10O. The van der Waals surface area contributed by atoms with Gasteiger partial charge in [-0.15, -0.1) is 0 Å². The lowest BCUT2D eigenvalue weighted by Gasteiger charge is -2.15. The molecule has 0 fully saturated rings. The number of aromatic nitrogens is 4. The van der Waals surface area contributed by atoms with Crippen molar-refractivity contribution in [2.45, 2.75) is 6.18 Å². The van der Waals surface area contributed by atoms with Crippen LogP contribution < -0.4 is 21.6 Å². The molecule has 1 aliphatic heterocycles. The molecule has 0 saturated carbocycles. The molecule has 4 N–H and O–H groups in total. The lowest BCUT2D eigenvalue weighted by Crippen LogP contribution is -2.29. The van der Waals surface area contributed by atoms with Crippen molar-refractivity contribution >= 4 is 40.9 Å². The molecule has 1 amide bonds. The maximum atomic E-state index is 13.9. The Kier molecular flexibility index (Phi) is 5.58. The summed E-state index contributed by atoms with van der Waals surface area (Å²) in [5, 5.41) is 20.3. The van der Waals surface area contributed by atoms with Crippen LogP contribution in [0.4, 0.5) is 30.4 Å². The smallest absolute Gasteiger partial charge is 0.397 e. The van der Waals surface area contributed by atoms with Crippen molar-refractivity contribution in [1.29, 1.82) is 5.26 Å². The molecule has 168 valence electrons. The zero-order chi connectivity index (χ0) is 23.8. The highest BCUT2D eigenvalue weighted by molar-refractivity contribution is 6.34. The fraction of sp³-hybridized carbons (Fsp3) is 0.111. The molecule has 0 unspecified atom stereocenters. The van der Waals surface area contributed by atoms with Gasteiger partial charge >= 0.3 is 6.18 Å². The molecule has 15 heteroatoms. The number of nitriles is 1. The molecule has 0 bridgehead atoms. The molecule has 33 heavy (non-hydrogen) atoms. The van der Waals surface area contributed by atoms with E-state index in [9.17, 15) is 23.2 Å². The zero-order valence-electron chi connectivity index (χ0n) is 16.3. The Hall–Kier alpha value is -4.22. The van der Waals surface area contributed by atoms with Crippen LogP contribution in [0.3, 0.4) is 0 Å². The number of amides is 1. The van der Waals surface area contributed by atoms with Gasteiger partial charge < -0.3 is 11.1 Å². The van der Waals surface area contributed by atoms with Crippen LogP contribution in [0.2, 0.25) is 5.02 Å². The van der Waals surface area contributed by atoms with Gasteiger partial charge in [-0.1, -0.05) is 11.6 Å². The van der Waals surface area contributed by atoms with Crippen molar-refractivity contribution < 1.29 is 18.0 Å². The van der Waals surface area contributed by atoms with Gasteiger partial charge in [0.1, 0.15) is 16.7 Å². The number of alkyl halides is 3. The van der Waals surface area contributed by atoms with E-state index in [4.69, 9.17) is 17.3 Å². The average Bonchev–Trinajstić information content (AvgIpc) is 3.45. The maximum Gasteiger partial charge on any atom is 0.434 e. The minimum absolute atomic E-state index is 0.00976. The summed E-state index contributed by atoms with van der Waals surface area (Å²) < 4.78 is 42.0. The Morgan fingerprint density at radius 1 is 1.30 bits per heavy atom. The molecule has 1 aliphatic rings. The minimum atomic E-state index is -4.99. The molecule has 4 heterocycles. The number of rotatable bonds is 4. The summed E-state index contributed by atoms with van der Waals surface area (Å²) in [5.41, 5.74) is 6.29. The minimum Gasteiger partial charge on any atom is -0.397 e. The lowest BCUT2D eigenvalue weighted by molar-refractivity contribution is -0.143. The highest BCUT2D eigenvalue weighted by Crippen LogP contribution is 2.36. The third-order valence-corrected chi connectivity index (χ3v) is 4.75. The van der Waals surface area contributed by atoms with E-state index >= 15 is 0 Å². The Labute approximate surface area is 188 Å². The van der Waals surface area contributed by atoms with Crippen LogP contribution in [0.15, 0.2) is 35.8 Å². The number of hydrazone groups is 1. The molecule has 0 spiro atoms. The van der Waals surface area contributed by atoms with Crippen molar-refractivity contribution in [3.05, 3.63) is 52.6 Å². The Morgan fingerprint density at radius 3 is 2.76 bits per heavy atom. The zero-order valence-corrected chi connectivity index (χ0v) is 17.1. The van der Waals surface area contributed by atoms with Gasteiger partial charge in [0.05, 0.1) is 35.9 Å². The van der Waals surface area contributed by atoms with Crippen LogP contribution >= 0.6 is 11.6 Å². The first kappa shape index (κ1) is 22.0. The highest BCUT2D eigenvalue weighted by Gasteiger charge is 2.41. The number of nitrogens with one attached hydrogen (secondary N) is 2. The molecule has 0 radical (unpaired) electrons. The first-order valence-corrected chi connectivity index (χ1v) is 9.41. The van der Waals surface area contributed by atoms with Crippen molar-refractivity contribution in [2.75, 3.05) is 22.7 Å². The fourth-order valence-corrected chi connectivity index (χ4v) is 3.13. The molecule has 3 aromatic heterocycles. The second-order valence-electron chi connectivity index (χ2n) is 6.49. The van der Waals surface area contributed by atoms with E-state index in [0.717, 1.165) is 12.4 Å². The third-order valence-electron chi connectivity index (χ3n) is 4.36. The number of nitrogens with two attached hydrogens (primary N) is 1. The molecule has 4 rings (SSSR count). The SMILES string of the molecule is N#Cc1cc(NC(=O)c2cnn(-c3nccc(N)c3Cl)c2C(F)(F)F)cnc1N1N=CCN1. The molecule has 0 aliphatic carbocycles. The monoisotopic (exact) mass is 476 g/mol. The van der Waals surface area contributed by atoms with Gasteiger partial charge in [0.2, 0.25) is 0 Å². The number of hydrazine groups is 1. The van der Waals surface area contributed by atoms with Gasteiger partial charge in [-0.2, -0.15) is 33.8 Å². The van der Waals surface area contributed by atoms with E-state index in [-0.39, 0.29) is 33.6 Å². The van der Waals surface area contributed by atoms with Crippen LogP contribution in [0.1, 0.15) is 21.6 Å². The number of anilines is 3. The summed E-state index contributed by atoms with van der Waals surface area (Å²) in [6, 6.07) is 4.46. The van der Waals surface area contributed by atoms with E-state index in [1.807, 2.05) is 6.07 Å². The molecule has 0 aromatic carbocycles. The predicted octanol–water partition coefficient (Wildman–Crippen LogP) is 2.35. The molecular weight excluding hydrogens is 465 g/mol. The summed E-state index contributed by atoms with van der Waals surface area (Å²) in [7, 11) is 0. The topological polar surface area (TPSA) is 150 Å². The van der Waals surface area contributed by atoms with E-state index < -0.39 is 23.3 Å². The lowest BCUT2D eigenvalue weighted by atomic mass is 10.2. The van der Waals surface area contributed by atoms with Crippen molar-refractivity contribution in [3.63, 3.8) is 0 Å². The summed E-state index contributed by atoms with van der Waals surface area (Å²) in [6.07, 6.45) is -0.366. The number of nitrogens with zero attached hydrogens (tertiary/aromatic N) is 7. The van der Waals surface area contributed by atoms with Crippen LogP contribution in [-0.2, 0) is 6.18 Å². The first-order valence-electron chi connectivity index (χ1n) is 9.04.